The first kappa shape index (κ1) is 10.9. The van der Waals surface area contributed by atoms with E-state index in [1.54, 1.807) is 0 Å². The lowest BCUT2D eigenvalue weighted by molar-refractivity contribution is 0.0697. The van der Waals surface area contributed by atoms with Gasteiger partial charge in [0.05, 0.1) is 6.20 Å². The second-order valence-corrected chi connectivity index (χ2v) is 4.32. The second kappa shape index (κ2) is 4.47. The Kier molecular flexibility index (Phi) is 3.03. The van der Waals surface area contributed by atoms with Crippen molar-refractivity contribution in [2.75, 3.05) is 5.32 Å². The molecule has 1 aliphatic carbocycles. The molecule has 0 saturated heterocycles. The highest BCUT2D eigenvalue weighted by atomic mass is 16.4. The Morgan fingerprint density at radius 1 is 1.69 bits per heavy atom. The minimum Gasteiger partial charge on any atom is -0.478 e. The lowest BCUT2D eigenvalue weighted by Gasteiger charge is -2.14. The molecule has 1 aromatic heterocycles. The molecule has 1 fully saturated rings. The van der Waals surface area contributed by atoms with Gasteiger partial charge in [0.25, 0.3) is 0 Å². The van der Waals surface area contributed by atoms with Crippen molar-refractivity contribution in [3.63, 3.8) is 0 Å². The van der Waals surface area contributed by atoms with Gasteiger partial charge in [-0.25, -0.2) is 4.79 Å². The maximum Gasteiger partial charge on any atom is 0.339 e. The minimum atomic E-state index is -0.976. The van der Waals surface area contributed by atoms with E-state index in [0.717, 1.165) is 12.3 Å². The number of nitrogens with one attached hydrogen (secondary N) is 1. The van der Waals surface area contributed by atoms with Crippen LogP contribution >= 0.6 is 0 Å². The van der Waals surface area contributed by atoms with Gasteiger partial charge in [-0.15, -0.1) is 5.10 Å². The van der Waals surface area contributed by atoms with Crippen LogP contribution in [0.5, 0.6) is 0 Å². The predicted molar refractivity (Wildman–Crippen MR) is 59.4 cm³/mol. The monoisotopic (exact) mass is 221 g/mol. The van der Waals surface area contributed by atoms with Crippen LogP contribution in [0.3, 0.4) is 0 Å². The molecule has 5 nitrogen and oxygen atoms in total. The van der Waals surface area contributed by atoms with E-state index >= 15 is 0 Å². The zero-order valence-corrected chi connectivity index (χ0v) is 9.18. The normalized spacial score (nSPS) is 16.8. The standard InChI is InChI=1S/C11H15N3O2/c1-7(6-8-2-3-8)13-10-9(11(15)16)4-5-12-14-10/h4-5,7-8H,2-3,6H2,1H3,(H,13,14)(H,15,16). The minimum absolute atomic E-state index is 0.178. The molecule has 0 radical (unpaired) electrons. The summed E-state index contributed by atoms with van der Waals surface area (Å²) in [6, 6.07) is 1.70. The van der Waals surface area contributed by atoms with Crippen LogP contribution in [0.15, 0.2) is 12.3 Å². The number of aromatic carboxylic acids is 1. The lowest BCUT2D eigenvalue weighted by Crippen LogP contribution is -2.19. The van der Waals surface area contributed by atoms with Gasteiger partial charge in [0.2, 0.25) is 0 Å². The highest BCUT2D eigenvalue weighted by Gasteiger charge is 2.24. The van der Waals surface area contributed by atoms with Crippen molar-refractivity contribution >= 4 is 11.8 Å². The molecule has 1 atom stereocenters. The molecular formula is C11H15N3O2. The molecule has 0 amide bonds. The smallest absolute Gasteiger partial charge is 0.339 e. The summed E-state index contributed by atoms with van der Waals surface area (Å²) in [5.41, 5.74) is 0.178. The summed E-state index contributed by atoms with van der Waals surface area (Å²) in [5, 5.41) is 19.6. The average Bonchev–Trinajstić information content (AvgIpc) is 3.02. The summed E-state index contributed by atoms with van der Waals surface area (Å²) in [4.78, 5) is 10.9. The van der Waals surface area contributed by atoms with Gasteiger partial charge in [-0.1, -0.05) is 12.8 Å². The molecule has 1 heterocycles. The van der Waals surface area contributed by atoms with Crippen molar-refractivity contribution < 1.29 is 9.90 Å². The Balaban J connectivity index is 2.04. The number of hydrogen-bond donors (Lipinski definition) is 2. The first-order valence-corrected chi connectivity index (χ1v) is 5.48. The summed E-state index contributed by atoms with van der Waals surface area (Å²) in [6.45, 7) is 2.04. The van der Waals surface area contributed by atoms with Crippen molar-refractivity contribution in [3.05, 3.63) is 17.8 Å². The van der Waals surface area contributed by atoms with Crippen LogP contribution in [0.1, 0.15) is 36.5 Å². The van der Waals surface area contributed by atoms with E-state index < -0.39 is 5.97 Å². The molecule has 1 saturated carbocycles. The molecule has 0 aromatic carbocycles. The molecule has 1 aliphatic rings. The van der Waals surface area contributed by atoms with Gasteiger partial charge >= 0.3 is 5.97 Å². The van der Waals surface area contributed by atoms with Gasteiger partial charge in [-0.05, 0) is 25.3 Å². The van der Waals surface area contributed by atoms with Gasteiger partial charge in [-0.2, -0.15) is 5.10 Å². The van der Waals surface area contributed by atoms with Crippen molar-refractivity contribution in [1.82, 2.24) is 10.2 Å². The van der Waals surface area contributed by atoms with E-state index in [2.05, 4.69) is 15.5 Å². The summed E-state index contributed by atoms with van der Waals surface area (Å²) in [7, 11) is 0. The topological polar surface area (TPSA) is 75.1 Å². The third kappa shape index (κ3) is 2.68. The Labute approximate surface area is 93.9 Å². The van der Waals surface area contributed by atoms with Crippen LogP contribution in [0.25, 0.3) is 0 Å². The van der Waals surface area contributed by atoms with E-state index in [4.69, 9.17) is 5.11 Å². The van der Waals surface area contributed by atoms with Crippen LogP contribution in [0.2, 0.25) is 0 Å². The summed E-state index contributed by atoms with van der Waals surface area (Å²) in [6.07, 6.45) is 5.03. The lowest BCUT2D eigenvalue weighted by atomic mass is 10.1. The van der Waals surface area contributed by atoms with Crippen molar-refractivity contribution in [2.24, 2.45) is 5.92 Å². The van der Waals surface area contributed by atoms with E-state index in [1.807, 2.05) is 6.92 Å². The fourth-order valence-electron chi connectivity index (χ4n) is 1.76. The van der Waals surface area contributed by atoms with Crippen LogP contribution in [-0.2, 0) is 0 Å². The first-order chi connectivity index (χ1) is 7.66. The number of rotatable bonds is 5. The SMILES string of the molecule is CC(CC1CC1)Nc1nnccc1C(=O)O. The molecule has 0 aliphatic heterocycles. The molecule has 0 spiro atoms. The number of nitrogens with zero attached hydrogens (tertiary/aromatic N) is 2. The van der Waals surface area contributed by atoms with Gasteiger partial charge in [0, 0.05) is 6.04 Å². The summed E-state index contributed by atoms with van der Waals surface area (Å²) < 4.78 is 0. The Bertz CT molecular complexity index is 391. The van der Waals surface area contributed by atoms with E-state index in [1.165, 1.54) is 25.1 Å². The number of carboxylic acids is 1. The van der Waals surface area contributed by atoms with E-state index in [9.17, 15) is 4.79 Å². The van der Waals surface area contributed by atoms with Crippen LogP contribution < -0.4 is 5.32 Å². The fourth-order valence-corrected chi connectivity index (χ4v) is 1.76. The summed E-state index contributed by atoms with van der Waals surface area (Å²) in [5.74, 6) is 0.187. The van der Waals surface area contributed by atoms with Crippen LogP contribution in [0, 0.1) is 5.92 Å². The largest absolute Gasteiger partial charge is 0.478 e. The van der Waals surface area contributed by atoms with Crippen LogP contribution in [-0.4, -0.2) is 27.3 Å². The maximum absolute atomic E-state index is 10.9. The van der Waals surface area contributed by atoms with Crippen LogP contribution in [0.4, 0.5) is 5.82 Å². The van der Waals surface area contributed by atoms with Gasteiger partial charge < -0.3 is 10.4 Å². The molecule has 0 bridgehead atoms. The summed E-state index contributed by atoms with van der Waals surface area (Å²) >= 11 is 0. The zero-order chi connectivity index (χ0) is 11.5. The Hall–Kier alpha value is -1.65. The maximum atomic E-state index is 10.9. The van der Waals surface area contributed by atoms with Gasteiger partial charge in [0.15, 0.2) is 5.82 Å². The predicted octanol–water partition coefficient (Wildman–Crippen LogP) is 1.78. The van der Waals surface area contributed by atoms with E-state index in [-0.39, 0.29) is 11.6 Å². The molecule has 5 heteroatoms. The third-order valence-corrected chi connectivity index (χ3v) is 2.72. The highest BCUT2D eigenvalue weighted by molar-refractivity contribution is 5.92. The first-order valence-electron chi connectivity index (χ1n) is 5.48. The number of carbonyl (C=O) groups is 1. The Morgan fingerprint density at radius 2 is 2.44 bits per heavy atom. The highest BCUT2D eigenvalue weighted by Crippen LogP contribution is 2.34. The number of hydrogen-bond acceptors (Lipinski definition) is 4. The molecule has 86 valence electrons. The second-order valence-electron chi connectivity index (χ2n) is 4.32. The van der Waals surface area contributed by atoms with Crippen molar-refractivity contribution in [3.8, 4) is 0 Å². The molecule has 1 aromatic rings. The number of carboxylic acid groups (broad SMARTS) is 1. The van der Waals surface area contributed by atoms with Gasteiger partial charge in [-0.3, -0.25) is 0 Å². The third-order valence-electron chi connectivity index (χ3n) is 2.72. The van der Waals surface area contributed by atoms with Crippen molar-refractivity contribution in [2.45, 2.75) is 32.2 Å². The average molecular weight is 221 g/mol. The Morgan fingerprint density at radius 3 is 3.06 bits per heavy atom. The zero-order valence-electron chi connectivity index (χ0n) is 9.18. The molecule has 1 unspecified atom stereocenters. The quantitative estimate of drug-likeness (QED) is 0.792. The van der Waals surface area contributed by atoms with Crippen molar-refractivity contribution in [1.29, 1.82) is 0 Å². The van der Waals surface area contributed by atoms with Gasteiger partial charge in [0.1, 0.15) is 5.56 Å². The molecule has 2 rings (SSSR count). The number of aromatic nitrogens is 2. The molecule has 2 N–H and O–H groups in total. The number of anilines is 1. The molecule has 16 heavy (non-hydrogen) atoms. The fraction of sp³-hybridized carbons (Fsp3) is 0.545. The van der Waals surface area contributed by atoms with E-state index in [0.29, 0.717) is 5.82 Å². The molecular weight excluding hydrogens is 206 g/mol.